The number of benzene rings is 1. The molecule has 2 N–H and O–H groups in total. The number of nitrogens with zero attached hydrogens (tertiary/aromatic N) is 2. The van der Waals surface area contributed by atoms with E-state index in [0.29, 0.717) is 0 Å². The van der Waals surface area contributed by atoms with Crippen molar-refractivity contribution < 1.29 is 9.53 Å². The van der Waals surface area contributed by atoms with E-state index >= 15 is 0 Å². The molecule has 3 rings (SSSR count). The Hall–Kier alpha value is -2.34. The molecular formula is C17H22N4O2. The maximum absolute atomic E-state index is 12.0. The largest absolute Gasteiger partial charge is 0.376 e. The van der Waals surface area contributed by atoms with Crippen LogP contribution in [0.4, 0.5) is 10.5 Å². The third kappa shape index (κ3) is 4.32. The number of aromatic nitrogens is 2. The minimum atomic E-state index is -0.201. The van der Waals surface area contributed by atoms with Crippen LogP contribution in [0.25, 0.3) is 0 Å². The molecule has 0 bridgehead atoms. The van der Waals surface area contributed by atoms with Gasteiger partial charge in [0.2, 0.25) is 0 Å². The summed E-state index contributed by atoms with van der Waals surface area (Å²) in [6.07, 6.45) is 5.87. The highest BCUT2D eigenvalue weighted by Gasteiger charge is 2.23. The van der Waals surface area contributed by atoms with Gasteiger partial charge in [-0.1, -0.05) is 12.1 Å². The lowest BCUT2D eigenvalue weighted by Crippen LogP contribution is -2.42. The van der Waals surface area contributed by atoms with Gasteiger partial charge in [0.25, 0.3) is 0 Å². The zero-order valence-corrected chi connectivity index (χ0v) is 13.2. The second kappa shape index (κ2) is 7.28. The number of nitrogens with one attached hydrogen (secondary N) is 2. The summed E-state index contributed by atoms with van der Waals surface area (Å²) in [6.45, 7) is 3.48. The van der Waals surface area contributed by atoms with Crippen LogP contribution < -0.4 is 10.6 Å². The number of urea groups is 1. The van der Waals surface area contributed by atoms with Crippen molar-refractivity contribution in [3.8, 4) is 0 Å². The Morgan fingerprint density at radius 1 is 1.43 bits per heavy atom. The van der Waals surface area contributed by atoms with Crippen molar-refractivity contribution in [3.05, 3.63) is 48.3 Å². The Bertz CT molecular complexity index is 619. The molecule has 0 saturated carbocycles. The average molecular weight is 314 g/mol. The fourth-order valence-corrected chi connectivity index (χ4v) is 2.74. The van der Waals surface area contributed by atoms with Crippen molar-refractivity contribution >= 4 is 11.7 Å². The summed E-state index contributed by atoms with van der Waals surface area (Å²) in [5.41, 5.74) is 1.90. The number of ether oxygens (including phenoxy) is 1. The van der Waals surface area contributed by atoms with Gasteiger partial charge in [0.05, 0.1) is 18.7 Å². The van der Waals surface area contributed by atoms with Gasteiger partial charge in [-0.2, -0.15) is 5.10 Å². The first-order chi connectivity index (χ1) is 11.2. The monoisotopic (exact) mass is 314 g/mol. The minimum absolute atomic E-state index is 0.0107. The maximum atomic E-state index is 12.0. The third-order valence-corrected chi connectivity index (χ3v) is 4.00. The lowest BCUT2D eigenvalue weighted by Gasteiger charge is -2.20. The van der Waals surface area contributed by atoms with Gasteiger partial charge in [-0.25, -0.2) is 4.79 Å². The van der Waals surface area contributed by atoms with Crippen molar-refractivity contribution in [1.29, 1.82) is 0 Å². The molecule has 1 aliphatic rings. The summed E-state index contributed by atoms with van der Waals surface area (Å²) < 4.78 is 7.44. The Morgan fingerprint density at radius 2 is 2.26 bits per heavy atom. The van der Waals surface area contributed by atoms with Crippen LogP contribution in [0.15, 0.2) is 42.7 Å². The van der Waals surface area contributed by atoms with E-state index in [1.54, 1.807) is 6.20 Å². The molecule has 2 atom stereocenters. The molecule has 1 aromatic carbocycles. The quantitative estimate of drug-likeness (QED) is 0.891. The molecule has 2 heterocycles. The standard InChI is InChI=1S/C17H22N4O2/c1-13(16-4-2-11-23-16)19-17(22)20-15-7-5-14(6-8-15)12-21-10-3-9-18-21/h3,5-10,13,16H,2,4,11-12H2,1H3,(H2,19,20,22). The Morgan fingerprint density at radius 3 is 2.91 bits per heavy atom. The van der Waals surface area contributed by atoms with E-state index in [2.05, 4.69) is 15.7 Å². The van der Waals surface area contributed by atoms with Crippen molar-refractivity contribution in [2.75, 3.05) is 11.9 Å². The van der Waals surface area contributed by atoms with Crippen LogP contribution in [0.2, 0.25) is 0 Å². The molecule has 2 unspecified atom stereocenters. The van der Waals surface area contributed by atoms with Crippen LogP contribution in [0.5, 0.6) is 0 Å². The third-order valence-electron chi connectivity index (χ3n) is 4.00. The van der Waals surface area contributed by atoms with E-state index in [0.717, 1.165) is 37.2 Å². The number of hydrogen-bond donors (Lipinski definition) is 2. The number of carbonyl (C=O) groups excluding carboxylic acids is 1. The Labute approximate surface area is 135 Å². The number of hydrogen-bond acceptors (Lipinski definition) is 3. The first-order valence-corrected chi connectivity index (χ1v) is 7.96. The van der Waals surface area contributed by atoms with Crippen LogP contribution >= 0.6 is 0 Å². The SMILES string of the molecule is CC(NC(=O)Nc1ccc(Cn2cccn2)cc1)C1CCCO1. The summed E-state index contributed by atoms with van der Waals surface area (Å²) >= 11 is 0. The lowest BCUT2D eigenvalue weighted by atomic mass is 10.1. The molecule has 1 aliphatic heterocycles. The second-order valence-corrected chi connectivity index (χ2v) is 5.84. The normalized spacial score (nSPS) is 18.6. The van der Waals surface area contributed by atoms with Gasteiger partial charge in [0.1, 0.15) is 0 Å². The molecule has 1 saturated heterocycles. The van der Waals surface area contributed by atoms with Gasteiger partial charge in [0, 0.05) is 24.7 Å². The summed E-state index contributed by atoms with van der Waals surface area (Å²) in [7, 11) is 0. The molecule has 2 amide bonds. The molecule has 0 radical (unpaired) electrons. The molecule has 122 valence electrons. The topological polar surface area (TPSA) is 68.2 Å². The predicted octanol–water partition coefficient (Wildman–Crippen LogP) is 2.62. The van der Waals surface area contributed by atoms with Crippen LogP contribution in [-0.2, 0) is 11.3 Å². The van der Waals surface area contributed by atoms with Crippen LogP contribution in [0.1, 0.15) is 25.3 Å². The number of anilines is 1. The van der Waals surface area contributed by atoms with Gasteiger partial charge in [-0.15, -0.1) is 0 Å². The van der Waals surface area contributed by atoms with Crippen molar-refractivity contribution in [3.63, 3.8) is 0 Å². The Balaban J connectivity index is 1.50. The van der Waals surface area contributed by atoms with E-state index in [9.17, 15) is 4.79 Å². The molecular weight excluding hydrogens is 292 g/mol. The smallest absolute Gasteiger partial charge is 0.319 e. The van der Waals surface area contributed by atoms with E-state index in [1.807, 2.05) is 48.1 Å². The lowest BCUT2D eigenvalue weighted by molar-refractivity contribution is 0.0868. The predicted molar refractivity (Wildman–Crippen MR) is 88.4 cm³/mol. The molecule has 1 fully saturated rings. The summed E-state index contributed by atoms with van der Waals surface area (Å²) in [5.74, 6) is 0. The zero-order chi connectivity index (χ0) is 16.1. The second-order valence-electron chi connectivity index (χ2n) is 5.84. The first-order valence-electron chi connectivity index (χ1n) is 7.96. The molecule has 6 nitrogen and oxygen atoms in total. The summed E-state index contributed by atoms with van der Waals surface area (Å²) in [4.78, 5) is 12.0. The fraction of sp³-hybridized carbons (Fsp3) is 0.412. The highest BCUT2D eigenvalue weighted by Crippen LogP contribution is 2.16. The van der Waals surface area contributed by atoms with E-state index in [1.165, 1.54) is 0 Å². The summed E-state index contributed by atoms with van der Waals surface area (Å²) in [6, 6.07) is 9.48. The molecule has 2 aromatic rings. The van der Waals surface area contributed by atoms with Crippen molar-refractivity contribution in [2.45, 2.75) is 38.5 Å². The van der Waals surface area contributed by atoms with Crippen LogP contribution in [0, 0.1) is 0 Å². The fourth-order valence-electron chi connectivity index (χ4n) is 2.74. The maximum Gasteiger partial charge on any atom is 0.319 e. The van der Waals surface area contributed by atoms with Gasteiger partial charge < -0.3 is 15.4 Å². The molecule has 1 aromatic heterocycles. The minimum Gasteiger partial charge on any atom is -0.376 e. The van der Waals surface area contributed by atoms with Crippen LogP contribution in [-0.4, -0.2) is 34.6 Å². The Kier molecular flexibility index (Phi) is 4.92. The average Bonchev–Trinajstić information content (AvgIpc) is 3.22. The van der Waals surface area contributed by atoms with Gasteiger partial charge in [0.15, 0.2) is 0 Å². The van der Waals surface area contributed by atoms with Gasteiger partial charge in [-0.05, 0) is 43.5 Å². The van der Waals surface area contributed by atoms with Gasteiger partial charge >= 0.3 is 6.03 Å². The van der Waals surface area contributed by atoms with E-state index in [4.69, 9.17) is 4.74 Å². The van der Waals surface area contributed by atoms with Crippen molar-refractivity contribution in [2.24, 2.45) is 0 Å². The highest BCUT2D eigenvalue weighted by molar-refractivity contribution is 5.89. The first kappa shape index (κ1) is 15.6. The number of rotatable bonds is 5. The highest BCUT2D eigenvalue weighted by atomic mass is 16.5. The van der Waals surface area contributed by atoms with E-state index < -0.39 is 0 Å². The molecule has 6 heteroatoms. The van der Waals surface area contributed by atoms with E-state index in [-0.39, 0.29) is 18.2 Å². The van der Waals surface area contributed by atoms with Crippen LogP contribution in [0.3, 0.4) is 0 Å². The summed E-state index contributed by atoms with van der Waals surface area (Å²) in [5, 5.41) is 9.96. The van der Waals surface area contributed by atoms with Gasteiger partial charge in [-0.3, -0.25) is 4.68 Å². The number of carbonyl (C=O) groups is 1. The molecule has 0 aliphatic carbocycles. The number of amides is 2. The van der Waals surface area contributed by atoms with Crippen molar-refractivity contribution in [1.82, 2.24) is 15.1 Å². The molecule has 23 heavy (non-hydrogen) atoms. The zero-order valence-electron chi connectivity index (χ0n) is 13.2. The molecule has 0 spiro atoms.